The van der Waals surface area contributed by atoms with Crippen LogP contribution >= 0.6 is 0 Å². The van der Waals surface area contributed by atoms with Gasteiger partial charge in [0.2, 0.25) is 11.4 Å². The molecule has 0 spiro atoms. The summed E-state index contributed by atoms with van der Waals surface area (Å²) in [5.74, 6) is -2.77. The van der Waals surface area contributed by atoms with E-state index in [4.69, 9.17) is 5.11 Å². The van der Waals surface area contributed by atoms with Crippen molar-refractivity contribution >= 4 is 11.9 Å². The summed E-state index contributed by atoms with van der Waals surface area (Å²) in [6.07, 6.45) is -5.11. The van der Waals surface area contributed by atoms with Crippen LogP contribution in [0.4, 0.5) is 13.2 Å². The molecule has 1 unspecified atom stereocenters. The lowest BCUT2D eigenvalue weighted by Crippen LogP contribution is -2.67. The molecule has 1 rings (SSSR count). The van der Waals surface area contributed by atoms with Gasteiger partial charge in [-0.15, -0.1) is 0 Å². The van der Waals surface area contributed by atoms with Gasteiger partial charge in [0.1, 0.15) is 0 Å². The van der Waals surface area contributed by atoms with Crippen molar-refractivity contribution in [3.05, 3.63) is 0 Å². The monoisotopic (exact) mass is 253 g/mol. The molecule has 0 aromatic rings. The highest BCUT2D eigenvalue weighted by molar-refractivity contribution is 5.88. The van der Waals surface area contributed by atoms with Gasteiger partial charge in [-0.3, -0.25) is 4.79 Å². The van der Waals surface area contributed by atoms with E-state index in [1.165, 1.54) is 6.92 Å². The maximum absolute atomic E-state index is 13.0. The maximum Gasteiger partial charge on any atom is 0.422 e. The molecule has 1 amide bonds. The number of aliphatic carboxylic acids is 1. The molecule has 1 N–H and O–H groups in total. The van der Waals surface area contributed by atoms with Crippen LogP contribution in [0.3, 0.4) is 0 Å². The van der Waals surface area contributed by atoms with E-state index in [-0.39, 0.29) is 19.4 Å². The van der Waals surface area contributed by atoms with Crippen LogP contribution in [0, 0.1) is 0 Å². The van der Waals surface area contributed by atoms with E-state index in [1.54, 1.807) is 0 Å². The normalized spacial score (nSPS) is 25.8. The van der Waals surface area contributed by atoms with Crippen molar-refractivity contribution in [2.75, 3.05) is 6.54 Å². The van der Waals surface area contributed by atoms with E-state index in [9.17, 15) is 22.8 Å². The molecule has 0 aliphatic carbocycles. The van der Waals surface area contributed by atoms with Gasteiger partial charge in [0.05, 0.1) is 0 Å². The van der Waals surface area contributed by atoms with Crippen molar-refractivity contribution in [3.8, 4) is 0 Å². The minimum absolute atomic E-state index is 0.134. The summed E-state index contributed by atoms with van der Waals surface area (Å²) in [4.78, 5) is 23.0. The van der Waals surface area contributed by atoms with Crippen molar-refractivity contribution in [2.24, 2.45) is 0 Å². The van der Waals surface area contributed by atoms with E-state index in [0.717, 1.165) is 0 Å². The maximum atomic E-state index is 13.0. The SMILES string of the molecule is CCC(=O)N1CCCCC1(C(=O)O)C(F)(F)F. The van der Waals surface area contributed by atoms with Crippen LogP contribution in [0.1, 0.15) is 32.6 Å². The molecule has 1 atom stereocenters. The summed E-state index contributed by atoms with van der Waals surface area (Å²) in [6.45, 7) is 1.26. The van der Waals surface area contributed by atoms with Gasteiger partial charge in [-0.05, 0) is 19.3 Å². The zero-order chi connectivity index (χ0) is 13.3. The van der Waals surface area contributed by atoms with Gasteiger partial charge in [-0.1, -0.05) is 6.92 Å². The second-order valence-corrected chi connectivity index (χ2v) is 4.02. The molecule has 0 radical (unpaired) electrons. The molecular formula is C10H14F3NO3. The second kappa shape index (κ2) is 4.54. The third-order valence-electron chi connectivity index (χ3n) is 3.06. The predicted octanol–water partition coefficient (Wildman–Crippen LogP) is 1.79. The van der Waals surface area contributed by atoms with Crippen molar-refractivity contribution in [2.45, 2.75) is 44.3 Å². The van der Waals surface area contributed by atoms with Crippen molar-refractivity contribution in [1.29, 1.82) is 0 Å². The molecule has 0 bridgehead atoms. The Hall–Kier alpha value is -1.27. The smallest absolute Gasteiger partial charge is 0.422 e. The first-order valence-corrected chi connectivity index (χ1v) is 5.38. The minimum atomic E-state index is -4.95. The Bertz CT molecular complexity index is 329. The Kier molecular flexibility index (Phi) is 3.68. The van der Waals surface area contributed by atoms with E-state index in [2.05, 4.69) is 0 Å². The molecule has 1 heterocycles. The number of carbonyl (C=O) groups excluding carboxylic acids is 1. The van der Waals surface area contributed by atoms with Crippen molar-refractivity contribution in [3.63, 3.8) is 0 Å². The Morgan fingerprint density at radius 1 is 1.35 bits per heavy atom. The van der Waals surface area contributed by atoms with Crippen LogP contribution in [-0.2, 0) is 9.59 Å². The number of carboxylic acid groups (broad SMARTS) is 1. The van der Waals surface area contributed by atoms with Crippen LogP contribution in [0.25, 0.3) is 0 Å². The number of hydrogen-bond donors (Lipinski definition) is 1. The molecule has 17 heavy (non-hydrogen) atoms. The number of piperidine rings is 1. The Morgan fingerprint density at radius 2 is 1.94 bits per heavy atom. The summed E-state index contributed by atoms with van der Waals surface area (Å²) in [7, 11) is 0. The third-order valence-corrected chi connectivity index (χ3v) is 3.06. The molecule has 1 fully saturated rings. The standard InChI is InChI=1S/C10H14F3NO3/c1-2-7(15)14-6-4-3-5-9(14,8(16)17)10(11,12)13/h2-6H2,1H3,(H,16,17). The van der Waals surface area contributed by atoms with Crippen molar-refractivity contribution in [1.82, 2.24) is 4.90 Å². The number of halogens is 3. The topological polar surface area (TPSA) is 57.6 Å². The summed E-state index contributed by atoms with van der Waals surface area (Å²) < 4.78 is 39.1. The number of rotatable bonds is 2. The fraction of sp³-hybridized carbons (Fsp3) is 0.800. The van der Waals surface area contributed by atoms with Gasteiger partial charge in [0, 0.05) is 13.0 Å². The third kappa shape index (κ3) is 2.10. The lowest BCUT2D eigenvalue weighted by atomic mass is 9.85. The highest BCUT2D eigenvalue weighted by atomic mass is 19.4. The fourth-order valence-electron chi connectivity index (χ4n) is 2.14. The molecule has 4 nitrogen and oxygen atoms in total. The van der Waals surface area contributed by atoms with Crippen LogP contribution < -0.4 is 0 Å². The van der Waals surface area contributed by atoms with E-state index >= 15 is 0 Å². The minimum Gasteiger partial charge on any atom is -0.479 e. The van der Waals surface area contributed by atoms with Crippen LogP contribution in [0.15, 0.2) is 0 Å². The zero-order valence-corrected chi connectivity index (χ0v) is 9.38. The number of carboxylic acids is 1. The first-order valence-electron chi connectivity index (χ1n) is 5.38. The Balaban J connectivity index is 3.24. The quantitative estimate of drug-likeness (QED) is 0.816. The predicted molar refractivity (Wildman–Crippen MR) is 52.3 cm³/mol. The van der Waals surface area contributed by atoms with Gasteiger partial charge in [-0.25, -0.2) is 4.79 Å². The van der Waals surface area contributed by atoms with Crippen LogP contribution in [0.5, 0.6) is 0 Å². The Morgan fingerprint density at radius 3 is 2.35 bits per heavy atom. The molecule has 0 saturated carbocycles. The molecule has 0 aromatic heterocycles. The zero-order valence-electron chi connectivity index (χ0n) is 9.38. The Labute approximate surface area is 96.4 Å². The molecule has 1 aliphatic rings. The van der Waals surface area contributed by atoms with E-state index in [0.29, 0.717) is 11.3 Å². The lowest BCUT2D eigenvalue weighted by Gasteiger charge is -2.44. The van der Waals surface area contributed by atoms with Crippen LogP contribution in [0.2, 0.25) is 0 Å². The number of likely N-dealkylation sites (tertiary alicyclic amines) is 1. The second-order valence-electron chi connectivity index (χ2n) is 4.02. The van der Waals surface area contributed by atoms with Gasteiger partial charge < -0.3 is 10.0 Å². The number of carbonyl (C=O) groups is 2. The number of hydrogen-bond acceptors (Lipinski definition) is 2. The average molecular weight is 253 g/mol. The number of nitrogens with zero attached hydrogens (tertiary/aromatic N) is 1. The molecule has 1 saturated heterocycles. The summed E-state index contributed by atoms with van der Waals surface area (Å²) in [5, 5.41) is 8.93. The van der Waals surface area contributed by atoms with Gasteiger partial charge in [-0.2, -0.15) is 13.2 Å². The number of alkyl halides is 3. The van der Waals surface area contributed by atoms with E-state index < -0.39 is 30.0 Å². The van der Waals surface area contributed by atoms with Gasteiger partial charge in [0.25, 0.3) is 0 Å². The van der Waals surface area contributed by atoms with Gasteiger partial charge >= 0.3 is 12.1 Å². The molecular weight excluding hydrogens is 239 g/mol. The number of amides is 1. The first-order chi connectivity index (χ1) is 7.77. The van der Waals surface area contributed by atoms with Crippen molar-refractivity contribution < 1.29 is 27.9 Å². The highest BCUT2D eigenvalue weighted by Gasteiger charge is 2.65. The molecule has 0 aromatic carbocycles. The molecule has 7 heteroatoms. The molecule has 98 valence electrons. The first kappa shape index (κ1) is 13.8. The summed E-state index contributed by atoms with van der Waals surface area (Å²) in [6, 6.07) is 0. The lowest BCUT2D eigenvalue weighted by molar-refractivity contribution is -0.244. The summed E-state index contributed by atoms with van der Waals surface area (Å²) in [5.41, 5.74) is -3.04. The summed E-state index contributed by atoms with van der Waals surface area (Å²) >= 11 is 0. The fourth-order valence-corrected chi connectivity index (χ4v) is 2.14. The molecule has 1 aliphatic heterocycles. The largest absolute Gasteiger partial charge is 0.479 e. The van der Waals surface area contributed by atoms with E-state index in [1.807, 2.05) is 0 Å². The van der Waals surface area contributed by atoms with Gasteiger partial charge in [0.15, 0.2) is 0 Å². The average Bonchev–Trinajstić information content (AvgIpc) is 2.26. The van der Waals surface area contributed by atoms with Crippen LogP contribution in [-0.4, -0.2) is 40.1 Å². The highest BCUT2D eigenvalue weighted by Crippen LogP contribution is 2.42.